The number of fused-ring (bicyclic) bond motifs is 1. The molecule has 0 aliphatic carbocycles. The molecule has 1 saturated heterocycles. The summed E-state index contributed by atoms with van der Waals surface area (Å²) in [4.78, 5) is 6.88. The van der Waals surface area contributed by atoms with Crippen LogP contribution in [0.3, 0.4) is 0 Å². The summed E-state index contributed by atoms with van der Waals surface area (Å²) < 4.78 is 2.25. The van der Waals surface area contributed by atoms with Crippen molar-refractivity contribution in [1.82, 2.24) is 19.8 Å². The van der Waals surface area contributed by atoms with Crippen LogP contribution in [-0.4, -0.2) is 40.6 Å². The molecule has 0 unspecified atom stereocenters. The van der Waals surface area contributed by atoms with E-state index in [1.807, 2.05) is 6.20 Å². The van der Waals surface area contributed by atoms with Crippen LogP contribution in [0.15, 0.2) is 23.5 Å². The summed E-state index contributed by atoms with van der Waals surface area (Å²) in [7, 11) is 0. The highest BCUT2D eigenvalue weighted by Gasteiger charge is 2.18. The van der Waals surface area contributed by atoms with Crippen molar-refractivity contribution in [2.75, 3.05) is 26.2 Å². The topological polar surface area (TPSA) is 33.1 Å². The summed E-state index contributed by atoms with van der Waals surface area (Å²) >= 11 is 0. The Balaban J connectivity index is 1.66. The second-order valence-electron chi connectivity index (χ2n) is 4.73. The Morgan fingerprint density at radius 3 is 3.06 bits per heavy atom. The maximum absolute atomic E-state index is 4.39. The molecule has 16 heavy (non-hydrogen) atoms. The molecule has 4 nitrogen and oxygen atoms in total. The lowest BCUT2D eigenvalue weighted by atomic mass is 10.0. The van der Waals surface area contributed by atoms with Gasteiger partial charge in [-0.1, -0.05) is 5.57 Å². The predicted molar refractivity (Wildman–Crippen MR) is 63.1 cm³/mol. The number of nitrogens with one attached hydrogen (secondary N) is 1. The van der Waals surface area contributed by atoms with Crippen LogP contribution in [0.2, 0.25) is 0 Å². The molecule has 0 spiro atoms. The first-order chi connectivity index (χ1) is 7.83. The summed E-state index contributed by atoms with van der Waals surface area (Å²) in [6, 6.07) is 0. The molecular formula is C12H18N4. The summed E-state index contributed by atoms with van der Waals surface area (Å²) in [5.41, 5.74) is 3.13. The van der Waals surface area contributed by atoms with Gasteiger partial charge >= 0.3 is 0 Å². The first kappa shape index (κ1) is 10.1. The fourth-order valence-electron chi connectivity index (χ4n) is 2.36. The fourth-order valence-corrected chi connectivity index (χ4v) is 2.36. The van der Waals surface area contributed by atoms with Gasteiger partial charge in [0.2, 0.25) is 0 Å². The molecule has 2 aliphatic heterocycles. The molecule has 3 rings (SSSR count). The van der Waals surface area contributed by atoms with Crippen LogP contribution in [0.25, 0.3) is 0 Å². The third kappa shape index (κ3) is 1.79. The van der Waals surface area contributed by atoms with E-state index >= 15 is 0 Å². The van der Waals surface area contributed by atoms with Crippen LogP contribution in [0.4, 0.5) is 0 Å². The molecule has 0 aromatic carbocycles. The van der Waals surface area contributed by atoms with E-state index in [9.17, 15) is 0 Å². The summed E-state index contributed by atoms with van der Waals surface area (Å²) in [5, 5.41) is 3.30. The van der Waals surface area contributed by atoms with Gasteiger partial charge in [0.25, 0.3) is 0 Å². The molecule has 1 N–H and O–H groups in total. The van der Waals surface area contributed by atoms with Crippen molar-refractivity contribution in [3.05, 3.63) is 29.4 Å². The molecule has 0 atom stereocenters. The highest BCUT2D eigenvalue weighted by molar-refractivity contribution is 5.22. The molecule has 1 aromatic heterocycles. The molecule has 0 radical (unpaired) electrons. The number of rotatable bonds is 2. The van der Waals surface area contributed by atoms with Gasteiger partial charge in [0.15, 0.2) is 0 Å². The number of nitrogens with zero attached hydrogens (tertiary/aromatic N) is 3. The van der Waals surface area contributed by atoms with Crippen molar-refractivity contribution < 1.29 is 0 Å². The lowest BCUT2D eigenvalue weighted by molar-refractivity contribution is 0.233. The average molecular weight is 218 g/mol. The summed E-state index contributed by atoms with van der Waals surface area (Å²) in [6.45, 7) is 8.76. The number of hydrogen-bond acceptors (Lipinski definition) is 3. The Morgan fingerprint density at radius 1 is 1.44 bits per heavy atom. The molecule has 0 amide bonds. The Bertz CT molecular complexity index is 412. The molecule has 3 heterocycles. The predicted octanol–water partition coefficient (Wildman–Crippen LogP) is 0.618. The summed E-state index contributed by atoms with van der Waals surface area (Å²) in [5.74, 6) is 1.20. The van der Waals surface area contributed by atoms with Crippen LogP contribution < -0.4 is 5.32 Å². The largest absolute Gasteiger partial charge is 0.333 e. The van der Waals surface area contributed by atoms with Gasteiger partial charge in [-0.2, -0.15) is 0 Å². The van der Waals surface area contributed by atoms with Gasteiger partial charge in [-0.15, -0.1) is 0 Å². The zero-order chi connectivity index (χ0) is 11.0. The van der Waals surface area contributed by atoms with Gasteiger partial charge in [0.1, 0.15) is 5.82 Å². The molecule has 1 fully saturated rings. The Labute approximate surface area is 96.0 Å². The zero-order valence-electron chi connectivity index (χ0n) is 9.74. The van der Waals surface area contributed by atoms with Crippen LogP contribution in [-0.2, 0) is 13.1 Å². The smallest absolute Gasteiger partial charge is 0.122 e. The van der Waals surface area contributed by atoms with Crippen molar-refractivity contribution in [1.29, 1.82) is 0 Å². The van der Waals surface area contributed by atoms with Gasteiger partial charge in [-0.05, 0) is 12.5 Å². The van der Waals surface area contributed by atoms with Gasteiger partial charge < -0.3 is 9.88 Å². The maximum atomic E-state index is 4.39. The molecule has 4 heteroatoms. The number of aromatic nitrogens is 2. The van der Waals surface area contributed by atoms with E-state index in [0.717, 1.165) is 39.3 Å². The highest BCUT2D eigenvalue weighted by Crippen LogP contribution is 2.15. The lowest BCUT2D eigenvalue weighted by Gasteiger charge is -2.30. The SMILES string of the molecule is CC(CN1CCn2ccnc2C1)=C1CNC1. The zero-order valence-corrected chi connectivity index (χ0v) is 9.74. The van der Waals surface area contributed by atoms with Crippen LogP contribution >= 0.6 is 0 Å². The van der Waals surface area contributed by atoms with E-state index in [1.165, 1.54) is 5.82 Å². The average Bonchev–Trinajstić information content (AvgIpc) is 2.61. The maximum Gasteiger partial charge on any atom is 0.122 e. The minimum Gasteiger partial charge on any atom is -0.333 e. The van der Waals surface area contributed by atoms with Crippen LogP contribution in [0.1, 0.15) is 12.7 Å². The minimum absolute atomic E-state index is 0.991. The van der Waals surface area contributed by atoms with E-state index in [4.69, 9.17) is 0 Å². The number of imidazole rings is 1. The monoisotopic (exact) mass is 218 g/mol. The molecule has 86 valence electrons. The third-order valence-corrected chi connectivity index (χ3v) is 3.56. The van der Waals surface area contributed by atoms with Crippen molar-refractivity contribution in [3.63, 3.8) is 0 Å². The van der Waals surface area contributed by atoms with E-state index in [2.05, 4.69) is 32.9 Å². The third-order valence-electron chi connectivity index (χ3n) is 3.56. The molecule has 1 aromatic rings. The van der Waals surface area contributed by atoms with E-state index in [0.29, 0.717) is 0 Å². The van der Waals surface area contributed by atoms with Crippen LogP contribution in [0.5, 0.6) is 0 Å². The Kier molecular flexibility index (Phi) is 2.53. The van der Waals surface area contributed by atoms with Crippen molar-refractivity contribution in [2.45, 2.75) is 20.0 Å². The van der Waals surface area contributed by atoms with Gasteiger partial charge in [-0.25, -0.2) is 4.98 Å². The quantitative estimate of drug-likeness (QED) is 0.739. The first-order valence-electron chi connectivity index (χ1n) is 5.93. The second kappa shape index (κ2) is 4.03. The van der Waals surface area contributed by atoms with E-state index < -0.39 is 0 Å². The standard InChI is InChI=1S/C12H18N4/c1-10(11-6-13-7-11)8-15-4-5-16-3-2-14-12(16)9-15/h2-3,13H,4-9H2,1H3. The first-order valence-corrected chi connectivity index (χ1v) is 5.93. The molecular weight excluding hydrogens is 200 g/mol. The highest BCUT2D eigenvalue weighted by atomic mass is 15.2. The Hall–Kier alpha value is -1.13. The molecule has 0 saturated carbocycles. The minimum atomic E-state index is 0.991. The normalized spacial score (nSPS) is 20.4. The van der Waals surface area contributed by atoms with Gasteiger partial charge in [-0.3, -0.25) is 4.90 Å². The van der Waals surface area contributed by atoms with Crippen molar-refractivity contribution in [3.8, 4) is 0 Å². The molecule has 0 bridgehead atoms. The van der Waals surface area contributed by atoms with Crippen LogP contribution in [0, 0.1) is 0 Å². The summed E-state index contributed by atoms with van der Waals surface area (Å²) in [6.07, 6.45) is 3.98. The lowest BCUT2D eigenvalue weighted by Crippen LogP contribution is -2.38. The second-order valence-corrected chi connectivity index (χ2v) is 4.73. The van der Waals surface area contributed by atoms with Gasteiger partial charge in [0.05, 0.1) is 6.54 Å². The van der Waals surface area contributed by atoms with Gasteiger partial charge in [0, 0.05) is 45.1 Å². The Morgan fingerprint density at radius 2 is 2.31 bits per heavy atom. The number of hydrogen-bond donors (Lipinski definition) is 1. The fraction of sp³-hybridized carbons (Fsp3) is 0.583. The van der Waals surface area contributed by atoms with E-state index in [-0.39, 0.29) is 0 Å². The van der Waals surface area contributed by atoms with E-state index in [1.54, 1.807) is 11.1 Å². The van der Waals surface area contributed by atoms with Crippen molar-refractivity contribution >= 4 is 0 Å². The molecule has 2 aliphatic rings. The van der Waals surface area contributed by atoms with Crippen molar-refractivity contribution in [2.24, 2.45) is 0 Å².